The second kappa shape index (κ2) is 12.4. The van der Waals surface area contributed by atoms with Crippen molar-refractivity contribution in [2.24, 2.45) is 11.1 Å². The Morgan fingerprint density at radius 1 is 1.25 bits per heavy atom. The van der Waals surface area contributed by atoms with Crippen LogP contribution in [0.1, 0.15) is 42.9 Å². The number of rotatable bonds is 10. The lowest BCUT2D eigenvalue weighted by molar-refractivity contribution is -0.123. The van der Waals surface area contributed by atoms with Crippen molar-refractivity contribution >= 4 is 11.6 Å². The van der Waals surface area contributed by atoms with Gasteiger partial charge in [-0.1, -0.05) is 24.2 Å². The molecular weight excluding hydrogens is 408 g/mol. The van der Waals surface area contributed by atoms with Crippen LogP contribution < -0.4 is 10.1 Å². The predicted octanol–water partition coefficient (Wildman–Crippen LogP) is 3.21. The van der Waals surface area contributed by atoms with Crippen LogP contribution in [0, 0.1) is 17.2 Å². The summed E-state index contributed by atoms with van der Waals surface area (Å²) in [4.78, 5) is 21.7. The Morgan fingerprint density at radius 2 is 2.03 bits per heavy atom. The zero-order valence-electron chi connectivity index (χ0n) is 18.3. The highest BCUT2D eigenvalue weighted by Gasteiger charge is 2.15. The van der Waals surface area contributed by atoms with Gasteiger partial charge in [-0.25, -0.2) is 4.98 Å². The third kappa shape index (κ3) is 7.36. The van der Waals surface area contributed by atoms with Gasteiger partial charge in [-0.2, -0.15) is 5.26 Å². The summed E-state index contributed by atoms with van der Waals surface area (Å²) in [7, 11) is 0. The molecule has 3 rings (SSSR count). The summed E-state index contributed by atoms with van der Waals surface area (Å²) < 4.78 is 10.8. The van der Waals surface area contributed by atoms with Crippen LogP contribution in [0.3, 0.4) is 0 Å². The molecule has 2 aromatic rings. The summed E-state index contributed by atoms with van der Waals surface area (Å²) in [5, 5.41) is 16.0. The first kappa shape index (κ1) is 23.2. The van der Waals surface area contributed by atoms with Gasteiger partial charge >= 0.3 is 0 Å². The molecule has 1 fully saturated rings. The van der Waals surface area contributed by atoms with Gasteiger partial charge in [0.1, 0.15) is 6.61 Å². The van der Waals surface area contributed by atoms with Crippen molar-refractivity contribution in [1.82, 2.24) is 10.3 Å². The Hall–Kier alpha value is -3.44. The van der Waals surface area contributed by atoms with Gasteiger partial charge in [0.25, 0.3) is 5.91 Å². The zero-order chi connectivity index (χ0) is 22.6. The van der Waals surface area contributed by atoms with E-state index >= 15 is 0 Å². The largest absolute Gasteiger partial charge is 0.468 e. The minimum atomic E-state index is -0.158. The van der Waals surface area contributed by atoms with E-state index in [1.54, 1.807) is 24.4 Å². The third-order valence-corrected chi connectivity index (χ3v) is 5.17. The van der Waals surface area contributed by atoms with Crippen molar-refractivity contribution < 1.29 is 19.1 Å². The lowest BCUT2D eigenvalue weighted by Crippen LogP contribution is -2.35. The number of pyridine rings is 1. The van der Waals surface area contributed by atoms with Crippen molar-refractivity contribution in [2.75, 3.05) is 26.4 Å². The maximum Gasteiger partial charge on any atom is 0.258 e. The van der Waals surface area contributed by atoms with Crippen LogP contribution in [0.5, 0.6) is 5.88 Å². The van der Waals surface area contributed by atoms with Gasteiger partial charge in [-0.05, 0) is 48.9 Å². The normalized spacial score (nSPS) is 14.4. The molecule has 0 saturated carbocycles. The molecule has 32 heavy (non-hydrogen) atoms. The number of aromatic nitrogens is 1. The molecule has 168 valence electrons. The minimum Gasteiger partial charge on any atom is -0.468 e. The van der Waals surface area contributed by atoms with Gasteiger partial charge in [-0.3, -0.25) is 4.79 Å². The molecule has 0 aliphatic carbocycles. The van der Waals surface area contributed by atoms with Crippen molar-refractivity contribution in [3.8, 4) is 11.9 Å². The molecule has 1 aromatic heterocycles. The highest BCUT2D eigenvalue weighted by Crippen LogP contribution is 2.14. The number of carbonyl (C=O) groups excluding carboxylic acids is 1. The van der Waals surface area contributed by atoms with Gasteiger partial charge in [0.15, 0.2) is 6.61 Å². The smallest absolute Gasteiger partial charge is 0.258 e. The van der Waals surface area contributed by atoms with Crippen molar-refractivity contribution in [1.29, 1.82) is 5.26 Å². The first-order valence-electron chi connectivity index (χ1n) is 10.8. The molecule has 8 heteroatoms. The Balaban J connectivity index is 1.44. The number of oxime groups is 1. The SMILES string of the molecule is CC/C(=N\OCc1ccc(C#N)cc1)c1ccc(OCC(=O)NCC2CCOCC2)nc1. The fourth-order valence-electron chi connectivity index (χ4n) is 3.22. The summed E-state index contributed by atoms with van der Waals surface area (Å²) in [6.07, 6.45) is 4.28. The number of nitrogens with one attached hydrogen (secondary N) is 1. The molecule has 0 radical (unpaired) electrons. The quantitative estimate of drug-likeness (QED) is 0.453. The van der Waals surface area contributed by atoms with Crippen LogP contribution in [-0.4, -0.2) is 43.0 Å². The number of amides is 1. The molecule has 1 amide bonds. The first-order chi connectivity index (χ1) is 15.7. The Kier molecular flexibility index (Phi) is 9.02. The van der Waals surface area contributed by atoms with Crippen LogP contribution in [-0.2, 0) is 21.0 Å². The Bertz CT molecular complexity index is 930. The molecule has 0 bridgehead atoms. The number of nitriles is 1. The Labute approximate surface area is 188 Å². The van der Waals surface area contributed by atoms with Gasteiger partial charge in [-0.15, -0.1) is 0 Å². The third-order valence-electron chi connectivity index (χ3n) is 5.17. The van der Waals surface area contributed by atoms with Crippen LogP contribution in [0.4, 0.5) is 0 Å². The van der Waals surface area contributed by atoms with E-state index < -0.39 is 0 Å². The van der Waals surface area contributed by atoms with E-state index in [4.69, 9.17) is 19.6 Å². The number of ether oxygens (including phenoxy) is 2. The predicted molar refractivity (Wildman–Crippen MR) is 119 cm³/mol. The standard InChI is InChI=1S/C24H28N4O4/c1-2-22(28-32-16-20-5-3-18(13-25)4-6-20)21-7-8-24(27-15-21)31-17-23(29)26-14-19-9-11-30-12-10-19/h3-8,15,19H,2,9-12,14,16-17H2,1H3,(H,26,29)/b28-22+. The Morgan fingerprint density at radius 3 is 2.69 bits per heavy atom. The summed E-state index contributed by atoms with van der Waals surface area (Å²) >= 11 is 0. The molecule has 0 unspecified atom stereocenters. The van der Waals surface area contributed by atoms with E-state index in [0.717, 1.165) is 42.9 Å². The summed E-state index contributed by atoms with van der Waals surface area (Å²) in [5.41, 5.74) is 3.12. The number of nitrogens with zero attached hydrogens (tertiary/aromatic N) is 3. The van der Waals surface area contributed by atoms with E-state index in [9.17, 15) is 4.79 Å². The monoisotopic (exact) mass is 436 g/mol. The number of carbonyl (C=O) groups is 1. The van der Waals surface area contributed by atoms with Crippen LogP contribution in [0.2, 0.25) is 0 Å². The van der Waals surface area contributed by atoms with Crippen LogP contribution in [0.25, 0.3) is 0 Å². The molecule has 0 atom stereocenters. The molecule has 1 aliphatic rings. The second-order valence-corrected chi connectivity index (χ2v) is 7.51. The zero-order valence-corrected chi connectivity index (χ0v) is 18.3. The minimum absolute atomic E-state index is 0.0714. The summed E-state index contributed by atoms with van der Waals surface area (Å²) in [5.74, 6) is 0.689. The molecular formula is C24H28N4O4. The highest BCUT2D eigenvalue weighted by atomic mass is 16.6. The van der Waals surface area contributed by atoms with E-state index in [1.807, 2.05) is 25.1 Å². The van der Waals surface area contributed by atoms with E-state index in [2.05, 4.69) is 21.5 Å². The van der Waals surface area contributed by atoms with E-state index in [1.165, 1.54) is 0 Å². The number of hydrogen-bond acceptors (Lipinski definition) is 7. The average molecular weight is 437 g/mol. The van der Waals surface area contributed by atoms with Crippen molar-refractivity contribution in [3.63, 3.8) is 0 Å². The molecule has 1 saturated heterocycles. The van der Waals surface area contributed by atoms with E-state index in [-0.39, 0.29) is 12.5 Å². The molecule has 0 spiro atoms. The number of hydrogen-bond donors (Lipinski definition) is 1. The van der Waals surface area contributed by atoms with E-state index in [0.29, 0.717) is 36.9 Å². The van der Waals surface area contributed by atoms with Crippen molar-refractivity contribution in [3.05, 3.63) is 59.3 Å². The first-order valence-corrected chi connectivity index (χ1v) is 10.8. The summed E-state index contributed by atoms with van der Waals surface area (Å²) in [6.45, 7) is 4.40. The van der Waals surface area contributed by atoms with Crippen molar-refractivity contribution in [2.45, 2.75) is 32.8 Å². The van der Waals surface area contributed by atoms with Gasteiger partial charge in [0, 0.05) is 37.6 Å². The topological polar surface area (TPSA) is 106 Å². The summed E-state index contributed by atoms with van der Waals surface area (Å²) in [6, 6.07) is 12.8. The maximum atomic E-state index is 12.0. The van der Waals surface area contributed by atoms with Gasteiger partial charge in [0.05, 0.1) is 17.3 Å². The maximum absolute atomic E-state index is 12.0. The fraction of sp³-hybridized carbons (Fsp3) is 0.417. The lowest BCUT2D eigenvalue weighted by atomic mass is 10.0. The fourth-order valence-corrected chi connectivity index (χ4v) is 3.22. The molecule has 1 N–H and O–H groups in total. The van der Waals surface area contributed by atoms with Crippen LogP contribution in [0.15, 0.2) is 47.8 Å². The second-order valence-electron chi connectivity index (χ2n) is 7.51. The van der Waals surface area contributed by atoms with Crippen LogP contribution >= 0.6 is 0 Å². The number of benzene rings is 1. The molecule has 2 heterocycles. The molecule has 8 nitrogen and oxygen atoms in total. The highest BCUT2D eigenvalue weighted by molar-refractivity contribution is 5.99. The lowest BCUT2D eigenvalue weighted by Gasteiger charge is -2.22. The molecule has 1 aliphatic heterocycles. The molecule has 1 aromatic carbocycles. The van der Waals surface area contributed by atoms with Gasteiger partial charge in [0.2, 0.25) is 5.88 Å². The average Bonchev–Trinajstić information content (AvgIpc) is 2.85. The van der Waals surface area contributed by atoms with Gasteiger partial charge < -0.3 is 19.6 Å².